The number of ether oxygens (including phenoxy) is 1. The van der Waals surface area contributed by atoms with Crippen LogP contribution in [-0.2, 0) is 11.3 Å². The van der Waals surface area contributed by atoms with Crippen LogP contribution in [0.15, 0.2) is 15.9 Å². The van der Waals surface area contributed by atoms with E-state index < -0.39 is 0 Å². The number of halogens is 1. The van der Waals surface area contributed by atoms with Gasteiger partial charge in [0.05, 0.1) is 6.10 Å². The summed E-state index contributed by atoms with van der Waals surface area (Å²) in [4.78, 5) is 1.37. The highest BCUT2D eigenvalue weighted by atomic mass is 79.9. The van der Waals surface area contributed by atoms with Gasteiger partial charge in [-0.05, 0) is 48.8 Å². The van der Waals surface area contributed by atoms with Crippen LogP contribution in [0.4, 0.5) is 0 Å². The van der Waals surface area contributed by atoms with Crippen LogP contribution in [0.3, 0.4) is 0 Å². The Morgan fingerprint density at radius 1 is 1.53 bits per heavy atom. The lowest BCUT2D eigenvalue weighted by Gasteiger charge is -2.07. The van der Waals surface area contributed by atoms with Gasteiger partial charge in [0.25, 0.3) is 0 Å². The Morgan fingerprint density at radius 3 is 2.93 bits per heavy atom. The maximum Gasteiger partial charge on any atom is 0.0518 e. The summed E-state index contributed by atoms with van der Waals surface area (Å²) in [6.45, 7) is 6.95. The van der Waals surface area contributed by atoms with E-state index in [1.807, 2.05) is 0 Å². The lowest BCUT2D eigenvalue weighted by atomic mass is 10.4. The Morgan fingerprint density at radius 2 is 2.33 bits per heavy atom. The molecule has 0 unspecified atom stereocenters. The molecule has 1 N–H and O–H groups in total. The van der Waals surface area contributed by atoms with Crippen LogP contribution < -0.4 is 5.32 Å². The Hall–Kier alpha value is 0.1000. The molecule has 0 amide bonds. The van der Waals surface area contributed by atoms with E-state index >= 15 is 0 Å². The van der Waals surface area contributed by atoms with E-state index in [0.717, 1.165) is 26.1 Å². The van der Waals surface area contributed by atoms with Crippen molar-refractivity contribution in [1.29, 1.82) is 0 Å². The van der Waals surface area contributed by atoms with Gasteiger partial charge in [0.2, 0.25) is 0 Å². The molecular weight excluding hydrogens is 274 g/mol. The molecule has 0 atom stereocenters. The van der Waals surface area contributed by atoms with E-state index in [0.29, 0.717) is 6.10 Å². The minimum absolute atomic E-state index is 0.346. The second-order valence-electron chi connectivity index (χ2n) is 3.68. The molecule has 86 valence electrons. The molecule has 0 saturated carbocycles. The number of hydrogen-bond donors (Lipinski definition) is 1. The van der Waals surface area contributed by atoms with E-state index in [1.54, 1.807) is 11.3 Å². The second kappa shape index (κ2) is 7.39. The van der Waals surface area contributed by atoms with Crippen LogP contribution in [0.5, 0.6) is 0 Å². The minimum Gasteiger partial charge on any atom is -0.379 e. The SMILES string of the molecule is CC(C)OCCCNCc1cc(Br)cs1. The normalized spacial score (nSPS) is 11.2. The summed E-state index contributed by atoms with van der Waals surface area (Å²) in [5.74, 6) is 0. The minimum atomic E-state index is 0.346. The average Bonchev–Trinajstić information content (AvgIpc) is 2.57. The number of nitrogens with one attached hydrogen (secondary N) is 1. The van der Waals surface area contributed by atoms with Gasteiger partial charge in [0.1, 0.15) is 0 Å². The maximum absolute atomic E-state index is 5.45. The van der Waals surface area contributed by atoms with E-state index in [-0.39, 0.29) is 0 Å². The smallest absolute Gasteiger partial charge is 0.0518 e. The number of rotatable bonds is 7. The van der Waals surface area contributed by atoms with E-state index in [2.05, 4.69) is 46.5 Å². The molecule has 0 aliphatic heterocycles. The molecule has 0 saturated heterocycles. The first-order valence-corrected chi connectivity index (χ1v) is 6.91. The fourth-order valence-electron chi connectivity index (χ4n) is 1.17. The Kier molecular flexibility index (Phi) is 6.48. The predicted molar refractivity (Wildman–Crippen MR) is 69.4 cm³/mol. The molecule has 2 nitrogen and oxygen atoms in total. The summed E-state index contributed by atoms with van der Waals surface area (Å²) < 4.78 is 6.63. The van der Waals surface area contributed by atoms with Crippen molar-refractivity contribution in [2.24, 2.45) is 0 Å². The molecule has 1 aromatic rings. The number of thiophene rings is 1. The summed E-state index contributed by atoms with van der Waals surface area (Å²) in [6, 6.07) is 2.16. The van der Waals surface area contributed by atoms with Crippen LogP contribution in [-0.4, -0.2) is 19.3 Å². The van der Waals surface area contributed by atoms with Gasteiger partial charge in [-0.2, -0.15) is 0 Å². The van der Waals surface area contributed by atoms with Crippen molar-refractivity contribution in [2.75, 3.05) is 13.2 Å². The van der Waals surface area contributed by atoms with Gasteiger partial charge in [-0.25, -0.2) is 0 Å². The summed E-state index contributed by atoms with van der Waals surface area (Å²) >= 11 is 5.22. The lowest BCUT2D eigenvalue weighted by molar-refractivity contribution is 0.0770. The van der Waals surface area contributed by atoms with Gasteiger partial charge in [-0.3, -0.25) is 0 Å². The van der Waals surface area contributed by atoms with Crippen molar-refractivity contribution in [1.82, 2.24) is 5.32 Å². The van der Waals surface area contributed by atoms with Crippen molar-refractivity contribution in [3.8, 4) is 0 Å². The molecule has 0 aliphatic rings. The monoisotopic (exact) mass is 291 g/mol. The van der Waals surface area contributed by atoms with Crippen molar-refractivity contribution in [2.45, 2.75) is 32.9 Å². The zero-order chi connectivity index (χ0) is 11.1. The predicted octanol–water partition coefficient (Wildman–Crippen LogP) is 3.42. The first-order chi connectivity index (χ1) is 7.18. The van der Waals surface area contributed by atoms with Gasteiger partial charge >= 0.3 is 0 Å². The van der Waals surface area contributed by atoms with E-state index in [9.17, 15) is 0 Å². The van der Waals surface area contributed by atoms with Crippen LogP contribution in [0.2, 0.25) is 0 Å². The molecule has 0 radical (unpaired) electrons. The summed E-state index contributed by atoms with van der Waals surface area (Å²) in [5.41, 5.74) is 0. The highest BCUT2D eigenvalue weighted by Crippen LogP contribution is 2.19. The molecule has 0 fully saturated rings. The van der Waals surface area contributed by atoms with Gasteiger partial charge < -0.3 is 10.1 Å². The fourth-order valence-corrected chi connectivity index (χ4v) is 2.59. The van der Waals surface area contributed by atoms with Crippen LogP contribution >= 0.6 is 27.3 Å². The van der Waals surface area contributed by atoms with E-state index in [4.69, 9.17) is 4.74 Å². The largest absolute Gasteiger partial charge is 0.379 e. The molecule has 15 heavy (non-hydrogen) atoms. The summed E-state index contributed by atoms with van der Waals surface area (Å²) in [7, 11) is 0. The van der Waals surface area contributed by atoms with E-state index in [1.165, 1.54) is 9.35 Å². The first-order valence-electron chi connectivity index (χ1n) is 5.23. The molecule has 0 aromatic carbocycles. The second-order valence-corrected chi connectivity index (χ2v) is 5.59. The molecule has 1 rings (SSSR count). The molecule has 0 aliphatic carbocycles. The molecule has 0 spiro atoms. The molecule has 0 bridgehead atoms. The standard InChI is InChI=1S/C11H18BrNOS/c1-9(2)14-5-3-4-13-7-11-6-10(12)8-15-11/h6,8-9,13H,3-5,7H2,1-2H3. The molecule has 4 heteroatoms. The van der Waals surface area contributed by atoms with Crippen LogP contribution in [0, 0.1) is 0 Å². The zero-order valence-corrected chi connectivity index (χ0v) is 11.7. The Labute approximate surface area is 104 Å². The van der Waals surface area contributed by atoms with Crippen LogP contribution in [0.1, 0.15) is 25.1 Å². The number of hydrogen-bond acceptors (Lipinski definition) is 3. The van der Waals surface area contributed by atoms with Gasteiger partial charge in [0, 0.05) is 27.9 Å². The van der Waals surface area contributed by atoms with Gasteiger partial charge in [0.15, 0.2) is 0 Å². The molecule has 1 heterocycles. The maximum atomic E-state index is 5.45. The Balaban J connectivity index is 1.98. The third-order valence-corrected chi connectivity index (χ3v) is 3.57. The highest BCUT2D eigenvalue weighted by molar-refractivity contribution is 9.10. The lowest BCUT2D eigenvalue weighted by Crippen LogP contribution is -2.16. The Bertz CT molecular complexity index is 275. The summed E-state index contributed by atoms with van der Waals surface area (Å²) in [5, 5.41) is 5.51. The molecule has 1 aromatic heterocycles. The highest BCUT2D eigenvalue weighted by Gasteiger charge is 1.97. The molecular formula is C11H18BrNOS. The first kappa shape index (κ1) is 13.2. The van der Waals surface area contributed by atoms with Crippen molar-refractivity contribution in [3.63, 3.8) is 0 Å². The van der Waals surface area contributed by atoms with Gasteiger partial charge in [-0.15, -0.1) is 11.3 Å². The summed E-state index contributed by atoms with van der Waals surface area (Å²) in [6.07, 6.45) is 1.42. The topological polar surface area (TPSA) is 21.3 Å². The zero-order valence-electron chi connectivity index (χ0n) is 9.25. The average molecular weight is 292 g/mol. The van der Waals surface area contributed by atoms with Crippen LogP contribution in [0.25, 0.3) is 0 Å². The fraction of sp³-hybridized carbons (Fsp3) is 0.636. The third-order valence-electron chi connectivity index (χ3n) is 1.87. The third kappa shape index (κ3) is 6.30. The van der Waals surface area contributed by atoms with Gasteiger partial charge in [-0.1, -0.05) is 0 Å². The quantitative estimate of drug-likeness (QED) is 0.778. The van der Waals surface area contributed by atoms with Crippen molar-refractivity contribution >= 4 is 27.3 Å². The van der Waals surface area contributed by atoms with Crippen molar-refractivity contribution in [3.05, 3.63) is 20.8 Å². The van der Waals surface area contributed by atoms with Crippen molar-refractivity contribution < 1.29 is 4.74 Å².